The van der Waals surface area contributed by atoms with Crippen LogP contribution in [0.2, 0.25) is 0 Å². The monoisotopic (exact) mass is 200 g/mol. The fourth-order valence-corrected chi connectivity index (χ4v) is 0.982. The van der Waals surface area contributed by atoms with Gasteiger partial charge in [0, 0.05) is 0 Å². The average Bonchev–Trinajstić information content (AvgIpc) is 2.16. The van der Waals surface area contributed by atoms with Crippen molar-refractivity contribution in [2.45, 2.75) is 6.04 Å². The number of nitrogens with one attached hydrogen (secondary N) is 1. The van der Waals surface area contributed by atoms with E-state index in [1.54, 1.807) is 0 Å². The Morgan fingerprint density at radius 1 is 1.29 bits per heavy atom. The van der Waals surface area contributed by atoms with Gasteiger partial charge in [-0.15, -0.1) is 6.42 Å². The first-order valence-corrected chi connectivity index (χ1v) is 3.67. The van der Waals surface area contributed by atoms with E-state index in [1.807, 2.05) is 0 Å². The number of rotatable bonds is 2. The molecular formula is C9H7F3N2. The summed E-state index contributed by atoms with van der Waals surface area (Å²) < 4.78 is 38.0. The van der Waals surface area contributed by atoms with Gasteiger partial charge in [0.1, 0.15) is 6.04 Å². The normalized spacial score (nSPS) is 12.2. The Morgan fingerprint density at radius 2 is 1.79 bits per heavy atom. The molecule has 0 aliphatic rings. The first-order chi connectivity index (χ1) is 6.60. The van der Waals surface area contributed by atoms with E-state index in [2.05, 4.69) is 11.3 Å². The molecule has 2 nitrogen and oxygen atoms in total. The van der Waals surface area contributed by atoms with Gasteiger partial charge in [-0.3, -0.25) is 5.84 Å². The van der Waals surface area contributed by atoms with Crippen LogP contribution in [0.3, 0.4) is 0 Å². The first kappa shape index (κ1) is 10.6. The number of nitrogens with two attached hydrogens (primary N) is 1. The quantitative estimate of drug-likeness (QED) is 0.326. The van der Waals surface area contributed by atoms with Crippen molar-refractivity contribution in [1.82, 2.24) is 5.43 Å². The number of hydrogen-bond acceptors (Lipinski definition) is 2. The molecule has 0 saturated heterocycles. The van der Waals surface area contributed by atoms with Gasteiger partial charge >= 0.3 is 0 Å². The number of terminal acetylenes is 1. The Labute approximate surface area is 78.9 Å². The van der Waals surface area contributed by atoms with Crippen molar-refractivity contribution < 1.29 is 13.2 Å². The highest BCUT2D eigenvalue weighted by Crippen LogP contribution is 2.18. The number of halogens is 3. The fraction of sp³-hybridized carbons (Fsp3) is 0.111. The molecule has 14 heavy (non-hydrogen) atoms. The van der Waals surface area contributed by atoms with Crippen LogP contribution in [0.25, 0.3) is 0 Å². The van der Waals surface area contributed by atoms with E-state index in [0.29, 0.717) is 0 Å². The van der Waals surface area contributed by atoms with Gasteiger partial charge in [0.15, 0.2) is 17.5 Å². The Balaban J connectivity index is 3.19. The molecule has 0 bridgehead atoms. The molecule has 0 spiro atoms. The van der Waals surface area contributed by atoms with Crippen molar-refractivity contribution in [3.63, 3.8) is 0 Å². The van der Waals surface area contributed by atoms with Crippen molar-refractivity contribution in [1.29, 1.82) is 0 Å². The molecule has 1 atom stereocenters. The second-order valence-electron chi connectivity index (χ2n) is 2.56. The third-order valence-corrected chi connectivity index (χ3v) is 1.67. The maximum atomic E-state index is 12.7. The van der Waals surface area contributed by atoms with Gasteiger partial charge in [-0.25, -0.2) is 18.6 Å². The minimum Gasteiger partial charge on any atom is -0.270 e. The van der Waals surface area contributed by atoms with Crippen LogP contribution in [0.1, 0.15) is 11.6 Å². The lowest BCUT2D eigenvalue weighted by Gasteiger charge is -2.09. The van der Waals surface area contributed by atoms with Gasteiger partial charge in [0.25, 0.3) is 0 Å². The molecule has 3 N–H and O–H groups in total. The molecular weight excluding hydrogens is 193 g/mol. The summed E-state index contributed by atoms with van der Waals surface area (Å²) in [6, 6.07) is 0.741. The summed E-state index contributed by atoms with van der Waals surface area (Å²) in [5.41, 5.74) is 2.21. The van der Waals surface area contributed by atoms with Gasteiger partial charge in [-0.1, -0.05) is 5.92 Å². The van der Waals surface area contributed by atoms with Crippen LogP contribution in [-0.4, -0.2) is 0 Å². The summed E-state index contributed by atoms with van der Waals surface area (Å²) in [4.78, 5) is 0. The second-order valence-corrected chi connectivity index (χ2v) is 2.56. The molecule has 1 unspecified atom stereocenters. The second kappa shape index (κ2) is 4.13. The van der Waals surface area contributed by atoms with E-state index < -0.39 is 23.5 Å². The summed E-state index contributed by atoms with van der Waals surface area (Å²) >= 11 is 0. The Hall–Kier alpha value is -1.51. The maximum absolute atomic E-state index is 12.7. The maximum Gasteiger partial charge on any atom is 0.194 e. The van der Waals surface area contributed by atoms with Crippen molar-refractivity contribution in [2.75, 3.05) is 0 Å². The average molecular weight is 200 g/mol. The lowest BCUT2D eigenvalue weighted by atomic mass is 10.1. The van der Waals surface area contributed by atoms with E-state index in [4.69, 9.17) is 12.3 Å². The van der Waals surface area contributed by atoms with E-state index in [1.165, 1.54) is 0 Å². The van der Waals surface area contributed by atoms with Crippen molar-refractivity contribution in [3.8, 4) is 12.3 Å². The van der Waals surface area contributed by atoms with Crippen molar-refractivity contribution >= 4 is 0 Å². The van der Waals surface area contributed by atoms with Crippen LogP contribution >= 0.6 is 0 Å². The predicted octanol–water partition coefficient (Wildman–Crippen LogP) is 1.24. The number of hydrogen-bond donors (Lipinski definition) is 2. The molecule has 0 aliphatic carbocycles. The van der Waals surface area contributed by atoms with E-state index in [0.717, 1.165) is 12.1 Å². The van der Waals surface area contributed by atoms with Gasteiger partial charge in [-0.05, 0) is 17.7 Å². The minimum atomic E-state index is -1.53. The summed E-state index contributed by atoms with van der Waals surface area (Å²) in [6.07, 6.45) is 5.02. The third kappa shape index (κ3) is 1.87. The molecule has 0 aliphatic heterocycles. The van der Waals surface area contributed by atoms with Crippen molar-refractivity contribution in [3.05, 3.63) is 35.1 Å². The van der Waals surface area contributed by atoms with Crippen molar-refractivity contribution in [2.24, 2.45) is 5.84 Å². The van der Waals surface area contributed by atoms with Crippen LogP contribution in [0.5, 0.6) is 0 Å². The highest BCUT2D eigenvalue weighted by Gasteiger charge is 2.14. The van der Waals surface area contributed by atoms with Crippen LogP contribution in [0.4, 0.5) is 13.2 Å². The van der Waals surface area contributed by atoms with E-state index >= 15 is 0 Å². The molecule has 1 aromatic rings. The number of hydrazine groups is 1. The van der Waals surface area contributed by atoms with Crippen LogP contribution in [-0.2, 0) is 0 Å². The number of benzene rings is 1. The topological polar surface area (TPSA) is 38.0 Å². The lowest BCUT2D eigenvalue weighted by molar-refractivity contribution is 0.443. The highest BCUT2D eigenvalue weighted by molar-refractivity contribution is 5.27. The molecule has 0 aromatic heterocycles. The van der Waals surface area contributed by atoms with Crippen LogP contribution < -0.4 is 11.3 Å². The molecule has 1 aromatic carbocycles. The molecule has 0 radical (unpaired) electrons. The zero-order valence-electron chi connectivity index (χ0n) is 7.02. The Kier molecular flexibility index (Phi) is 3.12. The third-order valence-electron chi connectivity index (χ3n) is 1.67. The fourth-order valence-electron chi connectivity index (χ4n) is 0.982. The summed E-state index contributed by atoms with van der Waals surface area (Å²) in [5, 5.41) is 0. The van der Waals surface area contributed by atoms with Gasteiger partial charge in [0.05, 0.1) is 0 Å². The smallest absolute Gasteiger partial charge is 0.194 e. The molecule has 0 heterocycles. The largest absolute Gasteiger partial charge is 0.270 e. The molecule has 0 saturated carbocycles. The molecule has 0 amide bonds. The SMILES string of the molecule is C#CC(NN)c1cc(F)c(F)c(F)c1. The zero-order chi connectivity index (χ0) is 10.7. The van der Waals surface area contributed by atoms with E-state index in [9.17, 15) is 13.2 Å². The summed E-state index contributed by atoms with van der Waals surface area (Å²) in [6.45, 7) is 0. The zero-order valence-corrected chi connectivity index (χ0v) is 7.02. The van der Waals surface area contributed by atoms with Gasteiger partial charge in [-0.2, -0.15) is 0 Å². The predicted molar refractivity (Wildman–Crippen MR) is 45.2 cm³/mol. The summed E-state index contributed by atoms with van der Waals surface area (Å²) in [7, 11) is 0. The van der Waals surface area contributed by atoms with E-state index in [-0.39, 0.29) is 5.56 Å². The standard InChI is InChI=1S/C9H7F3N2/c1-2-8(14-13)5-3-6(10)9(12)7(11)4-5/h1,3-4,8,14H,13H2. The van der Waals surface area contributed by atoms with Crippen LogP contribution in [0.15, 0.2) is 12.1 Å². The Bertz CT molecular complexity index is 361. The summed E-state index contributed by atoms with van der Waals surface area (Å²) in [5.74, 6) is 3.05. The molecule has 74 valence electrons. The first-order valence-electron chi connectivity index (χ1n) is 3.67. The molecule has 1 rings (SSSR count). The Morgan fingerprint density at radius 3 is 2.14 bits per heavy atom. The molecule has 5 heteroatoms. The van der Waals surface area contributed by atoms with Crippen LogP contribution in [0, 0.1) is 29.8 Å². The van der Waals surface area contributed by atoms with Gasteiger partial charge in [0.2, 0.25) is 0 Å². The molecule has 0 fully saturated rings. The van der Waals surface area contributed by atoms with Gasteiger partial charge < -0.3 is 0 Å². The lowest BCUT2D eigenvalue weighted by Crippen LogP contribution is -2.27. The minimum absolute atomic E-state index is 0.0615. The highest BCUT2D eigenvalue weighted by atomic mass is 19.2.